The van der Waals surface area contributed by atoms with Gasteiger partial charge in [-0.25, -0.2) is 0 Å². The van der Waals surface area contributed by atoms with Gasteiger partial charge in [0.25, 0.3) is 0 Å². The van der Waals surface area contributed by atoms with Crippen LogP contribution in [-0.2, 0) is 0 Å². The summed E-state index contributed by atoms with van der Waals surface area (Å²) in [5.74, 6) is 0. The Kier molecular flexibility index (Phi) is 5.68. The third-order valence-corrected chi connectivity index (χ3v) is 2.75. The van der Waals surface area contributed by atoms with Gasteiger partial charge in [-0.1, -0.05) is 12.1 Å². The lowest BCUT2D eigenvalue weighted by Gasteiger charge is -2.15. The fourth-order valence-corrected chi connectivity index (χ4v) is 1.71. The van der Waals surface area contributed by atoms with Crippen molar-refractivity contribution in [1.82, 2.24) is 10.2 Å². The first-order valence-corrected chi connectivity index (χ1v) is 6.01. The van der Waals surface area contributed by atoms with E-state index >= 15 is 0 Å². The molecule has 92 valence electrons. The average molecular weight is 231 g/mol. The molecule has 0 aliphatic heterocycles. The number of nitrogens with zero attached hydrogens (tertiary/aromatic N) is 2. The first-order valence-electron chi connectivity index (χ1n) is 6.01. The van der Waals surface area contributed by atoms with Crippen LogP contribution in [-0.4, -0.2) is 32.1 Å². The molecule has 1 unspecified atom stereocenters. The Labute approximate surface area is 104 Å². The summed E-state index contributed by atoms with van der Waals surface area (Å²) < 4.78 is 0. The summed E-state index contributed by atoms with van der Waals surface area (Å²) >= 11 is 0. The Hall–Kier alpha value is -1.37. The predicted molar refractivity (Wildman–Crippen MR) is 70.7 cm³/mol. The smallest absolute Gasteiger partial charge is 0.0991 e. The van der Waals surface area contributed by atoms with E-state index in [1.54, 1.807) is 0 Å². The first kappa shape index (κ1) is 13.7. The molecule has 1 atom stereocenters. The van der Waals surface area contributed by atoms with Gasteiger partial charge in [0, 0.05) is 6.04 Å². The van der Waals surface area contributed by atoms with Crippen molar-refractivity contribution in [2.24, 2.45) is 0 Å². The van der Waals surface area contributed by atoms with Crippen molar-refractivity contribution in [2.75, 3.05) is 27.2 Å². The minimum atomic E-state index is 0.297. The second kappa shape index (κ2) is 7.05. The highest BCUT2D eigenvalue weighted by atomic mass is 15.1. The highest BCUT2D eigenvalue weighted by molar-refractivity contribution is 5.33. The van der Waals surface area contributed by atoms with E-state index in [1.807, 2.05) is 18.2 Å². The maximum Gasteiger partial charge on any atom is 0.0991 e. The van der Waals surface area contributed by atoms with E-state index in [1.165, 1.54) is 5.56 Å². The van der Waals surface area contributed by atoms with Crippen LogP contribution in [0.2, 0.25) is 0 Å². The molecule has 3 heteroatoms. The summed E-state index contributed by atoms with van der Waals surface area (Å²) in [4.78, 5) is 2.18. The van der Waals surface area contributed by atoms with Crippen molar-refractivity contribution in [3.63, 3.8) is 0 Å². The highest BCUT2D eigenvalue weighted by Gasteiger charge is 2.04. The van der Waals surface area contributed by atoms with Gasteiger partial charge in [0.15, 0.2) is 0 Å². The quantitative estimate of drug-likeness (QED) is 0.763. The molecule has 1 aromatic carbocycles. The molecule has 0 saturated carbocycles. The van der Waals surface area contributed by atoms with Gasteiger partial charge >= 0.3 is 0 Å². The van der Waals surface area contributed by atoms with Crippen LogP contribution < -0.4 is 5.32 Å². The Morgan fingerprint density at radius 1 is 1.41 bits per heavy atom. The molecule has 3 nitrogen and oxygen atoms in total. The monoisotopic (exact) mass is 231 g/mol. The summed E-state index contributed by atoms with van der Waals surface area (Å²) in [6.45, 7) is 4.22. The molecule has 0 bridgehead atoms. The minimum absolute atomic E-state index is 0.297. The van der Waals surface area contributed by atoms with Crippen LogP contribution in [0.5, 0.6) is 0 Å². The van der Waals surface area contributed by atoms with Crippen LogP contribution in [0.15, 0.2) is 24.3 Å². The zero-order valence-corrected chi connectivity index (χ0v) is 10.9. The second-order valence-electron chi connectivity index (χ2n) is 4.57. The lowest BCUT2D eigenvalue weighted by atomic mass is 10.1. The van der Waals surface area contributed by atoms with E-state index in [0.29, 0.717) is 6.04 Å². The predicted octanol–water partition coefficient (Wildman–Crippen LogP) is 2.16. The number of hydrogen-bond donors (Lipinski definition) is 1. The third-order valence-electron chi connectivity index (χ3n) is 2.75. The summed E-state index contributed by atoms with van der Waals surface area (Å²) in [6, 6.07) is 10.2. The van der Waals surface area contributed by atoms with Crippen molar-refractivity contribution in [3.05, 3.63) is 35.4 Å². The fraction of sp³-hybridized carbons (Fsp3) is 0.500. The van der Waals surface area contributed by atoms with Crippen molar-refractivity contribution in [3.8, 4) is 6.07 Å². The Morgan fingerprint density at radius 2 is 2.18 bits per heavy atom. The molecular weight excluding hydrogens is 210 g/mol. The largest absolute Gasteiger partial charge is 0.310 e. The second-order valence-corrected chi connectivity index (χ2v) is 4.57. The summed E-state index contributed by atoms with van der Waals surface area (Å²) in [5.41, 5.74) is 1.90. The number of nitrogens with one attached hydrogen (secondary N) is 1. The maximum absolute atomic E-state index is 8.84. The molecule has 0 fully saturated rings. The zero-order chi connectivity index (χ0) is 12.7. The lowest BCUT2D eigenvalue weighted by molar-refractivity contribution is 0.389. The molecule has 0 heterocycles. The molecule has 0 aromatic heterocycles. The van der Waals surface area contributed by atoms with Crippen molar-refractivity contribution in [2.45, 2.75) is 19.4 Å². The van der Waals surface area contributed by atoms with Gasteiger partial charge in [0.2, 0.25) is 0 Å². The minimum Gasteiger partial charge on any atom is -0.310 e. The zero-order valence-electron chi connectivity index (χ0n) is 10.9. The Balaban J connectivity index is 2.41. The van der Waals surface area contributed by atoms with Gasteiger partial charge in [0.1, 0.15) is 0 Å². The van der Waals surface area contributed by atoms with Crippen LogP contribution in [0.1, 0.15) is 30.5 Å². The van der Waals surface area contributed by atoms with Crippen LogP contribution in [0.4, 0.5) is 0 Å². The van der Waals surface area contributed by atoms with Crippen molar-refractivity contribution >= 4 is 0 Å². The summed E-state index contributed by atoms with van der Waals surface area (Å²) in [6.07, 6.45) is 1.13. The maximum atomic E-state index is 8.84. The molecule has 1 aromatic rings. The number of hydrogen-bond acceptors (Lipinski definition) is 3. The normalized spacial score (nSPS) is 12.4. The van der Waals surface area contributed by atoms with Gasteiger partial charge in [-0.05, 0) is 58.2 Å². The number of nitriles is 1. The molecule has 0 spiro atoms. The molecule has 1 N–H and O–H groups in total. The molecule has 0 radical (unpaired) electrons. The van der Waals surface area contributed by atoms with E-state index in [-0.39, 0.29) is 0 Å². The van der Waals surface area contributed by atoms with Crippen LogP contribution in [0.3, 0.4) is 0 Å². The third kappa shape index (κ3) is 4.99. The standard InChI is InChI=1S/C14H21N3/c1-12(16-8-5-9-17(2)3)14-7-4-6-13(10-14)11-15/h4,6-7,10,12,16H,5,8-9H2,1-3H3. The van der Waals surface area contributed by atoms with Crippen LogP contribution >= 0.6 is 0 Å². The number of benzene rings is 1. The van der Waals surface area contributed by atoms with Crippen LogP contribution in [0.25, 0.3) is 0 Å². The van der Waals surface area contributed by atoms with Gasteiger partial charge in [-0.2, -0.15) is 5.26 Å². The molecule has 0 saturated heterocycles. The topological polar surface area (TPSA) is 39.1 Å². The van der Waals surface area contributed by atoms with Gasteiger partial charge in [0.05, 0.1) is 11.6 Å². The van der Waals surface area contributed by atoms with E-state index in [4.69, 9.17) is 5.26 Å². The van der Waals surface area contributed by atoms with Gasteiger partial charge < -0.3 is 10.2 Å². The SMILES string of the molecule is CC(NCCCN(C)C)c1cccc(C#N)c1. The fourth-order valence-electron chi connectivity index (χ4n) is 1.71. The van der Waals surface area contributed by atoms with Crippen LogP contribution in [0, 0.1) is 11.3 Å². The molecule has 1 rings (SSSR count). The van der Waals surface area contributed by atoms with E-state index in [2.05, 4.69) is 43.4 Å². The van der Waals surface area contributed by atoms with E-state index < -0.39 is 0 Å². The lowest BCUT2D eigenvalue weighted by Crippen LogP contribution is -2.23. The Morgan fingerprint density at radius 3 is 2.82 bits per heavy atom. The molecule has 0 aliphatic rings. The molecule has 0 amide bonds. The van der Waals surface area contributed by atoms with Gasteiger partial charge in [-0.3, -0.25) is 0 Å². The molecule has 0 aliphatic carbocycles. The van der Waals surface area contributed by atoms with Crippen molar-refractivity contribution in [1.29, 1.82) is 5.26 Å². The average Bonchev–Trinajstić information content (AvgIpc) is 2.34. The first-order chi connectivity index (χ1) is 8.13. The summed E-state index contributed by atoms with van der Waals surface area (Å²) in [7, 11) is 4.17. The van der Waals surface area contributed by atoms with E-state index in [0.717, 1.165) is 25.1 Å². The summed E-state index contributed by atoms with van der Waals surface area (Å²) in [5, 5.41) is 12.3. The Bertz CT molecular complexity index is 379. The number of rotatable bonds is 6. The molecular formula is C14H21N3. The van der Waals surface area contributed by atoms with Gasteiger partial charge in [-0.15, -0.1) is 0 Å². The van der Waals surface area contributed by atoms with Crippen molar-refractivity contribution < 1.29 is 0 Å². The molecule has 17 heavy (non-hydrogen) atoms. The van der Waals surface area contributed by atoms with E-state index in [9.17, 15) is 0 Å². The highest BCUT2D eigenvalue weighted by Crippen LogP contribution is 2.13.